The van der Waals surface area contributed by atoms with Crippen molar-refractivity contribution in [2.45, 2.75) is 39.5 Å². The summed E-state index contributed by atoms with van der Waals surface area (Å²) in [5, 5.41) is 0. The number of halogens is 4. The molecule has 0 amide bonds. The quantitative estimate of drug-likeness (QED) is 0.279. The molecule has 0 atom stereocenters. The number of hydrogen-bond acceptors (Lipinski definition) is 2. The Morgan fingerprint density at radius 1 is 0.778 bits per heavy atom. The van der Waals surface area contributed by atoms with Crippen molar-refractivity contribution in [1.29, 1.82) is 0 Å². The molecule has 2 nitrogen and oxygen atoms in total. The van der Waals surface area contributed by atoms with Crippen LogP contribution in [0.3, 0.4) is 0 Å². The van der Waals surface area contributed by atoms with E-state index in [1.807, 2.05) is 13.8 Å². The molecule has 0 saturated carbocycles. The van der Waals surface area contributed by atoms with Gasteiger partial charge in [0.2, 0.25) is 0 Å². The van der Waals surface area contributed by atoms with Gasteiger partial charge in [-0.05, 0) is 0 Å². The summed E-state index contributed by atoms with van der Waals surface area (Å²) >= 11 is 0.721. The second kappa shape index (κ2) is 10.2. The Kier molecular flexibility index (Phi) is 8.25. The molecule has 2 aromatic rings. The third-order valence-electron chi connectivity index (χ3n) is 3.93. The summed E-state index contributed by atoms with van der Waals surface area (Å²) in [4.78, 5) is 0. The van der Waals surface area contributed by atoms with Gasteiger partial charge in [0.05, 0.1) is 0 Å². The van der Waals surface area contributed by atoms with Gasteiger partial charge >= 0.3 is 170 Å². The Bertz CT molecular complexity index is 796. The summed E-state index contributed by atoms with van der Waals surface area (Å²) in [6.45, 7) is 4.36. The molecule has 0 aromatic heterocycles. The second-order valence-corrected chi connectivity index (χ2v) is 7.63. The Balaban J connectivity index is 2.38. The molecule has 0 aliphatic carbocycles. The molecule has 0 saturated heterocycles. The average molecular weight is 488 g/mol. The normalized spacial score (nSPS) is 10.9. The van der Waals surface area contributed by atoms with Gasteiger partial charge in [0, 0.05) is 0 Å². The molecule has 0 unspecified atom stereocenters. The van der Waals surface area contributed by atoms with Crippen LogP contribution in [0.4, 0.5) is 17.6 Å². The van der Waals surface area contributed by atoms with E-state index in [-0.39, 0.29) is 35.8 Å². The first-order valence-corrected chi connectivity index (χ1v) is 10.3. The Hall–Kier alpha value is -1.44. The van der Waals surface area contributed by atoms with Crippen molar-refractivity contribution in [3.8, 4) is 22.6 Å². The molecule has 0 aliphatic rings. The first-order valence-electron chi connectivity index (χ1n) is 8.89. The molecule has 0 bridgehead atoms. The molecule has 0 spiro atoms. The van der Waals surface area contributed by atoms with Gasteiger partial charge in [0.15, 0.2) is 0 Å². The van der Waals surface area contributed by atoms with Crippen LogP contribution in [-0.2, 0) is 0 Å². The van der Waals surface area contributed by atoms with Crippen LogP contribution in [0.5, 0.6) is 11.5 Å². The van der Waals surface area contributed by atoms with Gasteiger partial charge in [0.25, 0.3) is 0 Å². The number of benzene rings is 2. The minimum atomic E-state index is -1.25. The summed E-state index contributed by atoms with van der Waals surface area (Å²) in [6, 6.07) is 3.06. The number of unbranched alkanes of at least 4 members (excludes halogenated alkanes) is 2. The average Bonchev–Trinajstić information content (AvgIpc) is 2.64. The molecule has 2 rings (SSSR count). The molecular formula is C20H21F4O2Sn. The van der Waals surface area contributed by atoms with E-state index in [0.717, 1.165) is 53.9 Å². The minimum absolute atomic E-state index is 0.221. The van der Waals surface area contributed by atoms with Gasteiger partial charge in [-0.1, -0.05) is 0 Å². The van der Waals surface area contributed by atoms with Crippen molar-refractivity contribution >= 4 is 26.1 Å². The van der Waals surface area contributed by atoms with E-state index in [0.29, 0.717) is 10.0 Å². The second-order valence-electron chi connectivity index (χ2n) is 6.09. The zero-order valence-electron chi connectivity index (χ0n) is 15.3. The van der Waals surface area contributed by atoms with Crippen LogP contribution in [-0.4, -0.2) is 35.7 Å². The standard InChI is InChI=1S/C20H21F4O2.Sn/c1-3-5-6-10-26-18-12-15(21)14(11-16(18)22)13-7-8-17(25-9-4-2)20(24)19(13)23;/h8,11-12H,3-6,9-10H2,1-2H3;. The third-order valence-corrected chi connectivity index (χ3v) is 5.06. The zero-order chi connectivity index (χ0) is 20.0. The van der Waals surface area contributed by atoms with E-state index in [2.05, 4.69) is 0 Å². The van der Waals surface area contributed by atoms with Crippen molar-refractivity contribution < 1.29 is 27.0 Å². The topological polar surface area (TPSA) is 18.5 Å². The van der Waals surface area contributed by atoms with E-state index < -0.39 is 23.3 Å². The molecule has 0 heterocycles. The Labute approximate surface area is 170 Å². The maximum absolute atomic E-state index is 14.6. The van der Waals surface area contributed by atoms with E-state index in [9.17, 15) is 17.6 Å². The van der Waals surface area contributed by atoms with Crippen LogP contribution in [0, 0.1) is 23.3 Å². The Morgan fingerprint density at radius 2 is 1.48 bits per heavy atom. The summed E-state index contributed by atoms with van der Waals surface area (Å²) in [5.41, 5.74) is -0.623. The van der Waals surface area contributed by atoms with Gasteiger partial charge in [-0.2, -0.15) is 0 Å². The SMILES string of the molecule is CCCCCOc1cc(F)c(-c2[c]([Sn])cc(OCCC)c(F)c2F)cc1F. The summed E-state index contributed by atoms with van der Waals surface area (Å²) in [7, 11) is 0. The predicted molar refractivity (Wildman–Crippen MR) is 97.9 cm³/mol. The monoisotopic (exact) mass is 489 g/mol. The molecule has 0 N–H and O–H groups in total. The van der Waals surface area contributed by atoms with Gasteiger partial charge in [0.1, 0.15) is 0 Å². The van der Waals surface area contributed by atoms with Crippen LogP contribution in [0.1, 0.15) is 39.5 Å². The van der Waals surface area contributed by atoms with Crippen LogP contribution < -0.4 is 13.1 Å². The van der Waals surface area contributed by atoms with Crippen molar-refractivity contribution in [2.24, 2.45) is 0 Å². The van der Waals surface area contributed by atoms with Crippen molar-refractivity contribution in [2.75, 3.05) is 13.2 Å². The fourth-order valence-electron chi connectivity index (χ4n) is 2.55. The zero-order valence-corrected chi connectivity index (χ0v) is 18.2. The maximum atomic E-state index is 14.6. The van der Waals surface area contributed by atoms with Gasteiger partial charge < -0.3 is 0 Å². The van der Waals surface area contributed by atoms with Crippen molar-refractivity contribution in [3.05, 3.63) is 41.5 Å². The molecule has 3 radical (unpaired) electrons. The molecule has 7 heteroatoms. The van der Waals surface area contributed by atoms with Crippen LogP contribution in [0.25, 0.3) is 11.1 Å². The van der Waals surface area contributed by atoms with Gasteiger partial charge in [-0.3, -0.25) is 0 Å². The van der Waals surface area contributed by atoms with Crippen LogP contribution in [0.2, 0.25) is 0 Å². The number of rotatable bonds is 9. The van der Waals surface area contributed by atoms with E-state index in [1.54, 1.807) is 0 Å². The molecule has 145 valence electrons. The molecule has 0 fully saturated rings. The molecular weight excluding hydrogens is 467 g/mol. The first kappa shape index (κ1) is 21.9. The number of hydrogen-bond donors (Lipinski definition) is 0. The summed E-state index contributed by atoms with van der Waals surface area (Å²) in [6.07, 6.45) is 3.25. The van der Waals surface area contributed by atoms with E-state index >= 15 is 0 Å². The predicted octanol–water partition coefficient (Wildman–Crippen LogP) is 5.06. The molecule has 2 aromatic carbocycles. The van der Waals surface area contributed by atoms with Crippen LogP contribution in [0.15, 0.2) is 18.2 Å². The van der Waals surface area contributed by atoms with Gasteiger partial charge in [-0.25, -0.2) is 0 Å². The number of ether oxygens (including phenoxy) is 2. The summed E-state index contributed by atoms with van der Waals surface area (Å²) < 4.78 is 68.5. The molecule has 27 heavy (non-hydrogen) atoms. The van der Waals surface area contributed by atoms with E-state index in [4.69, 9.17) is 9.47 Å². The third kappa shape index (κ3) is 5.30. The fraction of sp³-hybridized carbons (Fsp3) is 0.400. The van der Waals surface area contributed by atoms with E-state index in [1.165, 1.54) is 6.07 Å². The molecule has 0 aliphatic heterocycles. The van der Waals surface area contributed by atoms with Crippen molar-refractivity contribution in [1.82, 2.24) is 0 Å². The van der Waals surface area contributed by atoms with Crippen LogP contribution >= 0.6 is 0 Å². The summed E-state index contributed by atoms with van der Waals surface area (Å²) in [5.74, 6) is -4.59. The fourth-order valence-corrected chi connectivity index (χ4v) is 3.62. The first-order chi connectivity index (χ1) is 12.9. The van der Waals surface area contributed by atoms with Gasteiger partial charge in [-0.15, -0.1) is 0 Å². The Morgan fingerprint density at radius 3 is 2.15 bits per heavy atom. The van der Waals surface area contributed by atoms with Crippen molar-refractivity contribution in [3.63, 3.8) is 0 Å².